The Morgan fingerprint density at radius 2 is 1.40 bits per heavy atom. The highest BCUT2D eigenvalue weighted by atomic mass is 32.1. The van der Waals surface area contributed by atoms with Crippen molar-refractivity contribution < 1.29 is 50.9 Å². The molecule has 250 valence electrons. The molecule has 2 aromatic rings. The topological polar surface area (TPSA) is 101 Å². The molecule has 8 nitrogen and oxygen atoms in total. The molecule has 2 aliphatic heterocycles. The second-order valence-electron chi connectivity index (χ2n) is 11.6. The van der Waals surface area contributed by atoms with Crippen LogP contribution in [0, 0.1) is 6.92 Å². The first-order valence-corrected chi connectivity index (χ1v) is 15.2. The lowest BCUT2D eigenvalue weighted by atomic mass is 9.73. The lowest BCUT2D eigenvalue weighted by molar-refractivity contribution is -0.193. The molecule has 0 saturated carbocycles. The number of halogens is 6. The molecule has 1 spiro atoms. The van der Waals surface area contributed by atoms with Gasteiger partial charge in [0.25, 0.3) is 0 Å². The van der Waals surface area contributed by atoms with Gasteiger partial charge in [-0.15, -0.1) is 11.3 Å². The van der Waals surface area contributed by atoms with E-state index < -0.39 is 24.3 Å². The van der Waals surface area contributed by atoms with Gasteiger partial charge in [-0.3, -0.25) is 9.69 Å². The number of nitrogens with zero attached hydrogens (tertiary/aromatic N) is 3. The van der Waals surface area contributed by atoms with E-state index in [1.165, 1.54) is 33.7 Å². The predicted molar refractivity (Wildman–Crippen MR) is 155 cm³/mol. The average Bonchev–Trinajstić information content (AvgIpc) is 3.50. The van der Waals surface area contributed by atoms with Gasteiger partial charge in [-0.05, 0) is 80.9 Å². The number of aliphatic carboxylic acids is 2. The van der Waals surface area contributed by atoms with Crippen molar-refractivity contribution >= 4 is 29.2 Å². The van der Waals surface area contributed by atoms with Gasteiger partial charge in [0.05, 0.1) is 0 Å². The molecular weight excluding hydrogens is 628 g/mol. The summed E-state index contributed by atoms with van der Waals surface area (Å²) < 4.78 is 63.5. The second kappa shape index (κ2) is 14.9. The number of likely N-dealkylation sites (N-methyl/N-ethyl adjacent to an activating group) is 1. The van der Waals surface area contributed by atoms with Gasteiger partial charge in [0.2, 0.25) is 5.91 Å². The zero-order valence-corrected chi connectivity index (χ0v) is 25.8. The minimum atomic E-state index is -5.08. The van der Waals surface area contributed by atoms with Gasteiger partial charge in [0, 0.05) is 48.9 Å². The van der Waals surface area contributed by atoms with Crippen molar-refractivity contribution in [2.75, 3.05) is 46.3 Å². The Morgan fingerprint density at radius 1 is 0.867 bits per heavy atom. The molecule has 3 heterocycles. The van der Waals surface area contributed by atoms with Crippen molar-refractivity contribution in [1.82, 2.24) is 14.7 Å². The summed E-state index contributed by atoms with van der Waals surface area (Å²) in [5.74, 6) is -4.77. The van der Waals surface area contributed by atoms with E-state index in [1.54, 1.807) is 0 Å². The zero-order valence-electron chi connectivity index (χ0n) is 25.0. The fraction of sp³-hybridized carbons (Fsp3) is 0.567. The first-order chi connectivity index (χ1) is 20.9. The number of alkyl halides is 6. The number of likely N-dealkylation sites (tertiary alicyclic amines) is 1. The number of aryl methyl sites for hydroxylation is 1. The molecule has 0 radical (unpaired) electrons. The monoisotopic (exact) mass is 665 g/mol. The lowest BCUT2D eigenvalue weighted by Gasteiger charge is -2.40. The SMILES string of the molecule is Cc1ccc(CN2CCC3(CC2)CC(CC(=O)N2CCN(C)CC2)c2ccccc23)s1.O=C(O)C(F)(F)F.O=C(O)C(F)(F)F. The Kier molecular flexibility index (Phi) is 12.1. The van der Waals surface area contributed by atoms with Crippen LogP contribution >= 0.6 is 11.3 Å². The average molecular weight is 666 g/mol. The first-order valence-electron chi connectivity index (χ1n) is 14.3. The molecule has 1 atom stereocenters. The highest BCUT2D eigenvalue weighted by Crippen LogP contribution is 2.53. The Hall–Kier alpha value is -3.17. The molecule has 1 aromatic carbocycles. The van der Waals surface area contributed by atoms with E-state index >= 15 is 0 Å². The van der Waals surface area contributed by atoms with Gasteiger partial charge in [-0.2, -0.15) is 26.3 Å². The van der Waals surface area contributed by atoms with Crippen LogP contribution in [0.25, 0.3) is 0 Å². The van der Waals surface area contributed by atoms with Gasteiger partial charge in [0.15, 0.2) is 0 Å². The number of amides is 1. The summed E-state index contributed by atoms with van der Waals surface area (Å²) in [5, 5.41) is 14.2. The maximum atomic E-state index is 13.1. The number of carbonyl (C=O) groups is 3. The van der Waals surface area contributed by atoms with E-state index in [9.17, 15) is 31.1 Å². The van der Waals surface area contributed by atoms with E-state index in [4.69, 9.17) is 19.8 Å². The van der Waals surface area contributed by atoms with E-state index in [2.05, 4.69) is 65.1 Å². The van der Waals surface area contributed by atoms with E-state index in [-0.39, 0.29) is 5.41 Å². The molecule has 5 rings (SSSR count). The molecule has 0 bridgehead atoms. The molecule has 1 aliphatic carbocycles. The number of fused-ring (bicyclic) bond motifs is 2. The van der Waals surface area contributed by atoms with Crippen LogP contribution in [0.2, 0.25) is 0 Å². The van der Waals surface area contributed by atoms with Crippen LogP contribution in [-0.2, 0) is 26.3 Å². The van der Waals surface area contributed by atoms with Crippen LogP contribution in [0.1, 0.15) is 52.5 Å². The summed E-state index contributed by atoms with van der Waals surface area (Å²) >= 11 is 1.93. The molecule has 1 aromatic heterocycles. The minimum Gasteiger partial charge on any atom is -0.475 e. The van der Waals surface area contributed by atoms with Crippen molar-refractivity contribution in [3.8, 4) is 0 Å². The van der Waals surface area contributed by atoms with Crippen molar-refractivity contribution in [3.05, 3.63) is 57.3 Å². The fourth-order valence-electron chi connectivity index (χ4n) is 6.01. The summed E-state index contributed by atoms with van der Waals surface area (Å²) in [5.41, 5.74) is 3.26. The van der Waals surface area contributed by atoms with Gasteiger partial charge in [-0.1, -0.05) is 24.3 Å². The van der Waals surface area contributed by atoms with Crippen molar-refractivity contribution in [1.29, 1.82) is 0 Å². The van der Waals surface area contributed by atoms with Crippen LogP contribution in [0.3, 0.4) is 0 Å². The zero-order chi connectivity index (χ0) is 33.6. The molecule has 1 unspecified atom stereocenters. The largest absolute Gasteiger partial charge is 0.490 e. The van der Waals surface area contributed by atoms with E-state index in [1.807, 2.05) is 11.3 Å². The third-order valence-electron chi connectivity index (χ3n) is 8.36. The number of carbonyl (C=O) groups excluding carboxylic acids is 1. The van der Waals surface area contributed by atoms with Gasteiger partial charge in [-0.25, -0.2) is 9.59 Å². The van der Waals surface area contributed by atoms with Gasteiger partial charge < -0.3 is 20.0 Å². The highest BCUT2D eigenvalue weighted by molar-refractivity contribution is 7.11. The standard InChI is InChI=1S/C26H35N3OS.2C2HF3O2/c1-20-7-8-22(31-20)19-28-11-9-26(10-12-28)18-21(23-5-3-4-6-24(23)26)17-25(30)29-15-13-27(2)14-16-29;2*3-2(4,5)1(6)7/h3-8,21H,9-19H2,1-2H3;2*(H,6,7). The van der Waals surface area contributed by atoms with Crippen molar-refractivity contribution in [2.45, 2.75) is 62.8 Å². The van der Waals surface area contributed by atoms with Gasteiger partial charge >= 0.3 is 24.3 Å². The number of carboxylic acid groups (broad SMARTS) is 2. The Labute approximate surface area is 261 Å². The maximum Gasteiger partial charge on any atom is 0.490 e. The summed E-state index contributed by atoms with van der Waals surface area (Å²) in [7, 11) is 2.14. The second-order valence-corrected chi connectivity index (χ2v) is 12.9. The quantitative estimate of drug-likeness (QED) is 0.416. The number of piperidine rings is 1. The smallest absolute Gasteiger partial charge is 0.475 e. The van der Waals surface area contributed by atoms with E-state index in [0.29, 0.717) is 18.2 Å². The lowest BCUT2D eigenvalue weighted by Crippen LogP contribution is -2.47. The number of carboxylic acids is 2. The first kappa shape index (κ1) is 36.3. The normalized spacial score (nSPS) is 20.0. The Morgan fingerprint density at radius 3 is 1.89 bits per heavy atom. The summed E-state index contributed by atoms with van der Waals surface area (Å²) in [6, 6.07) is 13.5. The Bertz CT molecular complexity index is 1290. The molecule has 2 N–H and O–H groups in total. The minimum absolute atomic E-state index is 0.269. The third kappa shape index (κ3) is 10.2. The number of rotatable bonds is 4. The maximum absolute atomic E-state index is 13.1. The number of piperazine rings is 1. The van der Waals surface area contributed by atoms with E-state index in [0.717, 1.165) is 52.2 Å². The van der Waals surface area contributed by atoms with Crippen molar-refractivity contribution in [3.63, 3.8) is 0 Å². The molecule has 45 heavy (non-hydrogen) atoms. The van der Waals surface area contributed by atoms with Crippen LogP contribution in [-0.4, -0.2) is 101 Å². The number of hydrogen-bond donors (Lipinski definition) is 2. The number of hydrogen-bond acceptors (Lipinski definition) is 6. The summed E-state index contributed by atoms with van der Waals surface area (Å²) in [6.07, 6.45) is -5.90. The fourth-order valence-corrected chi connectivity index (χ4v) is 6.94. The number of thiophene rings is 1. The summed E-state index contributed by atoms with van der Waals surface area (Å²) in [6.45, 7) is 9.35. The van der Waals surface area contributed by atoms with Crippen LogP contribution in [0.5, 0.6) is 0 Å². The van der Waals surface area contributed by atoms with Crippen LogP contribution < -0.4 is 0 Å². The molecule has 2 fully saturated rings. The number of benzene rings is 1. The molecule has 15 heteroatoms. The third-order valence-corrected chi connectivity index (χ3v) is 9.35. The van der Waals surface area contributed by atoms with Crippen LogP contribution in [0.15, 0.2) is 36.4 Å². The van der Waals surface area contributed by atoms with Crippen LogP contribution in [0.4, 0.5) is 26.3 Å². The Balaban J connectivity index is 0.000000331. The molecule has 1 amide bonds. The highest BCUT2D eigenvalue weighted by Gasteiger charge is 2.46. The molecular formula is C30H37F6N3O5S. The molecule has 3 aliphatic rings. The van der Waals surface area contributed by atoms with Gasteiger partial charge in [0.1, 0.15) is 0 Å². The summed E-state index contributed by atoms with van der Waals surface area (Å²) in [4.78, 5) is 40.8. The van der Waals surface area contributed by atoms with Crippen molar-refractivity contribution in [2.24, 2.45) is 0 Å². The predicted octanol–water partition coefficient (Wildman–Crippen LogP) is 5.51. The molecule has 2 saturated heterocycles.